The van der Waals surface area contributed by atoms with Crippen LogP contribution in [0.1, 0.15) is 0 Å². The molecule has 0 bridgehead atoms. The lowest BCUT2D eigenvalue weighted by molar-refractivity contribution is -0.118. The van der Waals surface area contributed by atoms with Gasteiger partial charge in [0.15, 0.2) is 6.29 Å². The third kappa shape index (κ3) is 1.44. The molecule has 1 heterocycles. The van der Waals surface area contributed by atoms with Gasteiger partial charge in [0.05, 0.1) is 6.61 Å². The Morgan fingerprint density at radius 3 is 2.64 bits per heavy atom. The minimum absolute atomic E-state index is 0.222. The third-order valence-corrected chi connectivity index (χ3v) is 1.73. The van der Waals surface area contributed by atoms with Crippen molar-refractivity contribution in [1.29, 1.82) is 0 Å². The van der Waals surface area contributed by atoms with Gasteiger partial charge in [0.25, 0.3) is 0 Å². The highest BCUT2D eigenvalue weighted by molar-refractivity contribution is 5.13. The highest BCUT2D eigenvalue weighted by atomic mass is 16.7. The van der Waals surface area contributed by atoms with Crippen LogP contribution in [-0.2, 0) is 9.47 Å². The molecule has 0 amide bonds. The summed E-state index contributed by atoms with van der Waals surface area (Å²) in [5.41, 5.74) is 0.464. The van der Waals surface area contributed by atoms with E-state index in [0.29, 0.717) is 5.57 Å². The van der Waals surface area contributed by atoms with Crippen LogP contribution >= 0.6 is 0 Å². The number of methoxy groups -OCH3 is 1. The third-order valence-electron chi connectivity index (χ3n) is 1.73. The van der Waals surface area contributed by atoms with E-state index >= 15 is 0 Å². The molecule has 1 rings (SSSR count). The fourth-order valence-corrected chi connectivity index (χ4v) is 1.05. The molecule has 11 heavy (non-hydrogen) atoms. The van der Waals surface area contributed by atoms with Crippen LogP contribution in [0.15, 0.2) is 12.2 Å². The maximum atomic E-state index is 9.29. The maximum Gasteiger partial charge on any atom is 0.182 e. The zero-order valence-electron chi connectivity index (χ0n) is 6.36. The molecule has 0 aromatic heterocycles. The lowest BCUT2D eigenvalue weighted by Gasteiger charge is -2.08. The summed E-state index contributed by atoms with van der Waals surface area (Å²) < 4.78 is 9.90. The van der Waals surface area contributed by atoms with Crippen molar-refractivity contribution in [2.24, 2.45) is 0 Å². The van der Waals surface area contributed by atoms with Crippen molar-refractivity contribution in [1.82, 2.24) is 0 Å². The summed E-state index contributed by atoms with van der Waals surface area (Å²) >= 11 is 0. The van der Waals surface area contributed by atoms with E-state index in [0.717, 1.165) is 0 Å². The van der Waals surface area contributed by atoms with Crippen molar-refractivity contribution in [2.45, 2.75) is 18.5 Å². The Balaban J connectivity index is 2.61. The molecule has 1 aliphatic rings. The fourth-order valence-electron chi connectivity index (χ4n) is 1.05. The van der Waals surface area contributed by atoms with Crippen molar-refractivity contribution in [3.63, 3.8) is 0 Å². The van der Waals surface area contributed by atoms with Crippen LogP contribution in [0.4, 0.5) is 0 Å². The average Bonchev–Trinajstić information content (AvgIpc) is 2.30. The normalized spacial score (nSPS) is 38.1. The van der Waals surface area contributed by atoms with Gasteiger partial charge in [-0.25, -0.2) is 0 Å². The van der Waals surface area contributed by atoms with Gasteiger partial charge in [0.1, 0.15) is 12.2 Å². The smallest absolute Gasteiger partial charge is 0.182 e. The van der Waals surface area contributed by atoms with Crippen LogP contribution in [0.25, 0.3) is 0 Å². The Bertz CT molecular complexity index is 153. The lowest BCUT2D eigenvalue weighted by atomic mass is 10.1. The van der Waals surface area contributed by atoms with Crippen LogP contribution in [0.2, 0.25) is 0 Å². The van der Waals surface area contributed by atoms with Crippen molar-refractivity contribution < 1.29 is 19.7 Å². The van der Waals surface area contributed by atoms with Gasteiger partial charge < -0.3 is 19.7 Å². The molecule has 2 N–H and O–H groups in total. The molecule has 1 fully saturated rings. The molecule has 0 saturated carbocycles. The molecule has 0 radical (unpaired) electrons. The molecule has 0 unspecified atom stereocenters. The van der Waals surface area contributed by atoms with Crippen LogP contribution < -0.4 is 0 Å². The predicted octanol–water partition coefficient (Wildman–Crippen LogP) is -0.733. The molecule has 0 aromatic carbocycles. The molecule has 0 aliphatic carbocycles. The molecule has 0 spiro atoms. The number of hydrogen-bond donors (Lipinski definition) is 2. The quantitative estimate of drug-likeness (QED) is 0.523. The van der Waals surface area contributed by atoms with Crippen LogP contribution in [0.3, 0.4) is 0 Å². The summed E-state index contributed by atoms with van der Waals surface area (Å²) in [6, 6.07) is 0. The van der Waals surface area contributed by atoms with E-state index in [9.17, 15) is 5.11 Å². The highest BCUT2D eigenvalue weighted by Gasteiger charge is 2.36. The van der Waals surface area contributed by atoms with E-state index in [-0.39, 0.29) is 6.61 Å². The molecule has 3 atom stereocenters. The highest BCUT2D eigenvalue weighted by Crippen LogP contribution is 2.24. The molecule has 4 heteroatoms. The Morgan fingerprint density at radius 2 is 2.36 bits per heavy atom. The summed E-state index contributed by atoms with van der Waals surface area (Å²) in [7, 11) is 1.46. The van der Waals surface area contributed by atoms with Crippen LogP contribution in [0, 0.1) is 0 Å². The standard InChI is InChI=1S/C7H12O4/c1-4-6(9)5(3-8)11-7(4)10-2/h5-9H,1,3H2,2H3/t5-,6-,7-/m1/s1. The molecule has 1 aliphatic heterocycles. The molecule has 1 saturated heterocycles. The first-order valence-electron chi connectivity index (χ1n) is 3.36. The SMILES string of the molecule is C=C1[C@H](OC)O[C@H](CO)[C@@H]1O. The summed E-state index contributed by atoms with van der Waals surface area (Å²) in [4.78, 5) is 0. The first kappa shape index (κ1) is 8.67. The summed E-state index contributed by atoms with van der Waals surface area (Å²) in [6.07, 6.45) is -1.99. The summed E-state index contributed by atoms with van der Waals surface area (Å²) in [5, 5.41) is 18.0. The molecule has 64 valence electrons. The van der Waals surface area contributed by atoms with Crippen LogP contribution in [0.5, 0.6) is 0 Å². The average molecular weight is 160 g/mol. The van der Waals surface area contributed by atoms with E-state index in [1.807, 2.05) is 0 Å². The lowest BCUT2D eigenvalue weighted by Crippen LogP contribution is -2.25. The summed E-state index contributed by atoms with van der Waals surface area (Å²) in [5.74, 6) is 0. The Morgan fingerprint density at radius 1 is 1.73 bits per heavy atom. The predicted molar refractivity (Wildman–Crippen MR) is 37.9 cm³/mol. The van der Waals surface area contributed by atoms with Crippen molar-refractivity contribution in [3.05, 3.63) is 12.2 Å². The van der Waals surface area contributed by atoms with Gasteiger partial charge in [-0.2, -0.15) is 0 Å². The number of aliphatic hydroxyl groups excluding tert-OH is 2. The van der Waals surface area contributed by atoms with Gasteiger partial charge >= 0.3 is 0 Å². The van der Waals surface area contributed by atoms with Crippen LogP contribution in [-0.4, -0.2) is 42.4 Å². The zero-order valence-corrected chi connectivity index (χ0v) is 6.36. The van der Waals surface area contributed by atoms with Gasteiger partial charge in [-0.05, 0) is 0 Å². The van der Waals surface area contributed by atoms with Gasteiger partial charge in [0.2, 0.25) is 0 Å². The molecular formula is C7H12O4. The first-order chi connectivity index (χ1) is 5.20. The van der Waals surface area contributed by atoms with E-state index in [2.05, 4.69) is 6.58 Å². The number of rotatable bonds is 2. The first-order valence-corrected chi connectivity index (χ1v) is 3.36. The van der Waals surface area contributed by atoms with Gasteiger partial charge in [-0.1, -0.05) is 6.58 Å². The van der Waals surface area contributed by atoms with E-state index in [4.69, 9.17) is 14.6 Å². The molecular weight excluding hydrogens is 148 g/mol. The van der Waals surface area contributed by atoms with E-state index in [1.165, 1.54) is 7.11 Å². The monoisotopic (exact) mass is 160 g/mol. The van der Waals surface area contributed by atoms with Crippen molar-refractivity contribution in [3.8, 4) is 0 Å². The van der Waals surface area contributed by atoms with Gasteiger partial charge in [0, 0.05) is 12.7 Å². The second-order valence-electron chi connectivity index (χ2n) is 2.44. The number of hydrogen-bond acceptors (Lipinski definition) is 4. The minimum atomic E-state index is -0.815. The van der Waals surface area contributed by atoms with E-state index < -0.39 is 18.5 Å². The Hall–Kier alpha value is -0.420. The number of ether oxygens (including phenoxy) is 2. The zero-order chi connectivity index (χ0) is 8.43. The fraction of sp³-hybridized carbons (Fsp3) is 0.714. The Kier molecular flexibility index (Phi) is 2.62. The molecule has 0 aromatic rings. The topological polar surface area (TPSA) is 58.9 Å². The largest absolute Gasteiger partial charge is 0.394 e. The van der Waals surface area contributed by atoms with Crippen molar-refractivity contribution in [2.75, 3.05) is 13.7 Å². The minimum Gasteiger partial charge on any atom is -0.394 e. The second-order valence-corrected chi connectivity index (χ2v) is 2.44. The number of aliphatic hydroxyl groups is 2. The Labute approximate surface area is 65.0 Å². The van der Waals surface area contributed by atoms with Gasteiger partial charge in [-0.15, -0.1) is 0 Å². The van der Waals surface area contributed by atoms with E-state index in [1.54, 1.807) is 0 Å². The molecule has 4 nitrogen and oxygen atoms in total. The van der Waals surface area contributed by atoms with Gasteiger partial charge in [-0.3, -0.25) is 0 Å². The summed E-state index contributed by atoms with van der Waals surface area (Å²) in [6.45, 7) is 3.35. The second kappa shape index (κ2) is 3.32. The maximum absolute atomic E-state index is 9.29. The van der Waals surface area contributed by atoms with Crippen molar-refractivity contribution >= 4 is 0 Å².